The summed E-state index contributed by atoms with van der Waals surface area (Å²) in [4.78, 5) is 22.1. The van der Waals surface area contributed by atoms with Gasteiger partial charge in [-0.15, -0.1) is 6.42 Å². The Morgan fingerprint density at radius 1 is 0.958 bits per heavy atom. The van der Waals surface area contributed by atoms with Crippen molar-refractivity contribution < 1.29 is 29.3 Å². The molecule has 2 aromatic carbocycles. The Balaban J connectivity index is 2.20. The molecule has 2 rings (SSSR count). The van der Waals surface area contributed by atoms with Crippen LogP contribution in [0.1, 0.15) is 26.3 Å². The van der Waals surface area contributed by atoms with Gasteiger partial charge in [-0.2, -0.15) is 0 Å². The second kappa shape index (κ2) is 7.26. The Morgan fingerprint density at radius 3 is 2.08 bits per heavy atom. The van der Waals surface area contributed by atoms with Gasteiger partial charge in [-0.25, -0.2) is 9.59 Å². The molecule has 0 heterocycles. The van der Waals surface area contributed by atoms with Gasteiger partial charge in [0.25, 0.3) is 0 Å². The predicted octanol–water partition coefficient (Wildman–Crippen LogP) is 2.81. The maximum Gasteiger partial charge on any atom is 0.363 e. The molecule has 0 saturated carbocycles. The molecule has 7 heteroatoms. The van der Waals surface area contributed by atoms with Crippen LogP contribution in [0.3, 0.4) is 0 Å². The lowest BCUT2D eigenvalue weighted by molar-refractivity contribution is 0.0696. The number of ether oxygens (including phenoxy) is 2. The fraction of sp³-hybridized carbons (Fsp3) is 0. The minimum atomic E-state index is -1.29. The van der Waals surface area contributed by atoms with Gasteiger partial charge in [0.05, 0.1) is 11.1 Å². The summed E-state index contributed by atoms with van der Waals surface area (Å²) in [5, 5.41) is 17.7. The van der Waals surface area contributed by atoms with Crippen molar-refractivity contribution in [3.8, 4) is 23.8 Å². The Morgan fingerprint density at radius 2 is 1.54 bits per heavy atom. The maximum absolute atomic E-state index is 11.0. The summed E-state index contributed by atoms with van der Waals surface area (Å²) < 4.78 is 10.5. The number of carboxylic acids is 2. The highest BCUT2D eigenvalue weighted by atomic mass is 32.1. The molecule has 0 aliphatic heterocycles. The third kappa shape index (κ3) is 4.32. The van der Waals surface area contributed by atoms with E-state index in [1.165, 1.54) is 0 Å². The Bertz CT molecular complexity index is 833. The third-order valence-corrected chi connectivity index (χ3v) is 2.97. The van der Waals surface area contributed by atoms with E-state index in [1.807, 2.05) is 0 Å². The van der Waals surface area contributed by atoms with Crippen molar-refractivity contribution in [3.63, 3.8) is 0 Å². The van der Waals surface area contributed by atoms with E-state index in [0.29, 0.717) is 11.3 Å². The van der Waals surface area contributed by atoms with Gasteiger partial charge in [0, 0.05) is 17.8 Å². The Labute approximate surface area is 142 Å². The third-order valence-electron chi connectivity index (χ3n) is 2.80. The number of rotatable bonds is 4. The molecular formula is C17H10O6S. The Kier molecular flexibility index (Phi) is 5.14. The van der Waals surface area contributed by atoms with Crippen molar-refractivity contribution >= 4 is 29.4 Å². The lowest BCUT2D eigenvalue weighted by Crippen LogP contribution is -2.14. The van der Waals surface area contributed by atoms with Crippen molar-refractivity contribution in [2.24, 2.45) is 0 Å². The molecule has 0 aliphatic rings. The fourth-order valence-corrected chi connectivity index (χ4v) is 1.96. The lowest BCUT2D eigenvalue weighted by atomic mass is 10.1. The molecule has 2 N–H and O–H groups in total. The predicted molar refractivity (Wildman–Crippen MR) is 88.6 cm³/mol. The minimum absolute atomic E-state index is 0.0644. The summed E-state index contributed by atoms with van der Waals surface area (Å²) in [6.07, 6.45) is 5.28. The molecule has 0 atom stereocenters. The highest BCUT2D eigenvalue weighted by Gasteiger charge is 2.14. The average molecular weight is 342 g/mol. The van der Waals surface area contributed by atoms with E-state index in [4.69, 9.17) is 38.3 Å². The molecule has 0 spiro atoms. The van der Waals surface area contributed by atoms with Crippen molar-refractivity contribution in [2.75, 3.05) is 0 Å². The topological polar surface area (TPSA) is 93.1 Å². The Hall–Kier alpha value is -3.37. The number of hydrogen-bond acceptors (Lipinski definition) is 5. The van der Waals surface area contributed by atoms with E-state index in [2.05, 4.69) is 5.92 Å². The molecule has 0 amide bonds. The smallest absolute Gasteiger partial charge is 0.363 e. The highest BCUT2D eigenvalue weighted by Crippen LogP contribution is 2.20. The average Bonchev–Trinajstić information content (AvgIpc) is 2.54. The molecule has 0 unspecified atom stereocenters. The van der Waals surface area contributed by atoms with Crippen LogP contribution in [0.15, 0.2) is 42.5 Å². The number of carboxylic acid groups (broad SMARTS) is 2. The lowest BCUT2D eigenvalue weighted by Gasteiger charge is -2.10. The van der Waals surface area contributed by atoms with Crippen LogP contribution in [-0.2, 0) is 0 Å². The number of terminal acetylenes is 1. The molecule has 0 bridgehead atoms. The van der Waals surface area contributed by atoms with Crippen molar-refractivity contribution in [1.29, 1.82) is 0 Å². The van der Waals surface area contributed by atoms with Crippen LogP contribution < -0.4 is 9.47 Å². The van der Waals surface area contributed by atoms with Crippen molar-refractivity contribution in [1.82, 2.24) is 0 Å². The molecule has 0 saturated heterocycles. The first-order valence-corrected chi connectivity index (χ1v) is 6.88. The van der Waals surface area contributed by atoms with Crippen LogP contribution in [0.5, 0.6) is 11.5 Å². The van der Waals surface area contributed by atoms with Crippen LogP contribution in [0, 0.1) is 12.3 Å². The van der Waals surface area contributed by atoms with E-state index in [1.54, 1.807) is 24.3 Å². The molecule has 24 heavy (non-hydrogen) atoms. The maximum atomic E-state index is 11.0. The molecular weight excluding hydrogens is 332 g/mol. The second-order valence-electron chi connectivity index (χ2n) is 4.48. The summed E-state index contributed by atoms with van der Waals surface area (Å²) in [6.45, 7) is 0. The summed E-state index contributed by atoms with van der Waals surface area (Å²) in [5.74, 6) is 0.118. The van der Waals surface area contributed by atoms with E-state index in [9.17, 15) is 9.59 Å². The number of aromatic carboxylic acids is 2. The van der Waals surface area contributed by atoms with Gasteiger partial charge in [-0.05, 0) is 36.4 Å². The van der Waals surface area contributed by atoms with Gasteiger partial charge in [0.15, 0.2) is 0 Å². The van der Waals surface area contributed by atoms with Gasteiger partial charge in [-0.1, -0.05) is 12.0 Å². The number of hydrogen-bond donors (Lipinski definition) is 2. The molecule has 0 fully saturated rings. The molecule has 6 nitrogen and oxygen atoms in total. The zero-order valence-corrected chi connectivity index (χ0v) is 12.9. The van der Waals surface area contributed by atoms with Crippen LogP contribution in [0.25, 0.3) is 0 Å². The number of carbonyl (C=O) groups is 2. The van der Waals surface area contributed by atoms with Crippen LogP contribution >= 0.6 is 12.2 Å². The van der Waals surface area contributed by atoms with Gasteiger partial charge in [0.2, 0.25) is 0 Å². The van der Waals surface area contributed by atoms with Crippen LogP contribution in [0.4, 0.5) is 0 Å². The van der Waals surface area contributed by atoms with Crippen LogP contribution in [-0.4, -0.2) is 27.4 Å². The fourth-order valence-electron chi connectivity index (χ4n) is 1.77. The van der Waals surface area contributed by atoms with Gasteiger partial charge >= 0.3 is 17.2 Å². The quantitative estimate of drug-likeness (QED) is 0.652. The molecule has 0 aromatic heterocycles. The first-order chi connectivity index (χ1) is 11.4. The normalized spacial score (nSPS) is 9.62. The van der Waals surface area contributed by atoms with Crippen LogP contribution in [0.2, 0.25) is 0 Å². The zero-order valence-electron chi connectivity index (χ0n) is 12.1. The largest absolute Gasteiger partial charge is 0.478 e. The molecule has 120 valence electrons. The van der Waals surface area contributed by atoms with Crippen molar-refractivity contribution in [3.05, 3.63) is 59.2 Å². The minimum Gasteiger partial charge on any atom is -0.478 e. The number of thiocarbonyl (C=S) groups is 1. The van der Waals surface area contributed by atoms with Crippen molar-refractivity contribution in [2.45, 2.75) is 0 Å². The van der Waals surface area contributed by atoms with Gasteiger partial charge < -0.3 is 19.7 Å². The first-order valence-electron chi connectivity index (χ1n) is 6.47. The summed E-state index contributed by atoms with van der Waals surface area (Å²) in [6, 6.07) is 9.83. The van der Waals surface area contributed by atoms with E-state index < -0.39 is 11.9 Å². The van der Waals surface area contributed by atoms with E-state index in [0.717, 1.165) is 18.2 Å². The highest BCUT2D eigenvalue weighted by molar-refractivity contribution is 7.79. The molecule has 2 aromatic rings. The summed E-state index contributed by atoms with van der Waals surface area (Å²) in [5.41, 5.74) is 0.0837. The second-order valence-corrected chi connectivity index (χ2v) is 4.82. The summed E-state index contributed by atoms with van der Waals surface area (Å²) in [7, 11) is 0. The van der Waals surface area contributed by atoms with E-state index >= 15 is 0 Å². The van der Waals surface area contributed by atoms with E-state index in [-0.39, 0.29) is 22.1 Å². The molecule has 0 aliphatic carbocycles. The monoisotopic (exact) mass is 342 g/mol. The summed E-state index contributed by atoms with van der Waals surface area (Å²) >= 11 is 4.92. The zero-order chi connectivity index (χ0) is 17.7. The van der Waals surface area contributed by atoms with Gasteiger partial charge in [-0.3, -0.25) is 0 Å². The standard InChI is InChI=1S/C17H10O6S/c1-2-10-4-3-5-13(6-10)22-17(24)23-14-8-11(15(18)19)7-12(9-14)16(20)21/h1,3-9H,(H,18,19)(H,20,21). The molecule has 0 radical (unpaired) electrons. The van der Waals surface area contributed by atoms with Gasteiger partial charge in [0.1, 0.15) is 11.5 Å². The first kappa shape index (κ1) is 17.0. The number of benzene rings is 2. The SMILES string of the molecule is C#Cc1cccc(OC(=S)Oc2cc(C(=O)O)cc(C(=O)O)c2)c1.